The molecule has 1 amide bonds. The predicted molar refractivity (Wildman–Crippen MR) is 72.8 cm³/mol. The van der Waals surface area contributed by atoms with Gasteiger partial charge in [0.2, 0.25) is 0 Å². The minimum atomic E-state index is -0.523. The molecule has 0 aromatic carbocycles. The highest BCUT2D eigenvalue weighted by Gasteiger charge is 2.47. The maximum absolute atomic E-state index is 11.9. The molecule has 6 heteroatoms. The van der Waals surface area contributed by atoms with Gasteiger partial charge in [-0.1, -0.05) is 0 Å². The fraction of sp³-hybridized carbons (Fsp3) is 0.643. The Labute approximate surface area is 118 Å². The summed E-state index contributed by atoms with van der Waals surface area (Å²) in [4.78, 5) is 13.5. The van der Waals surface area contributed by atoms with E-state index in [9.17, 15) is 10.1 Å². The van der Waals surface area contributed by atoms with Crippen molar-refractivity contribution in [3.8, 4) is 6.07 Å². The smallest absolute Gasteiger partial charge is 0.410 e. The molecule has 1 aromatic rings. The molecule has 1 aromatic heterocycles. The zero-order valence-corrected chi connectivity index (χ0v) is 12.4. The molecule has 20 heavy (non-hydrogen) atoms. The average Bonchev–Trinajstić information content (AvgIpc) is 2.66. The predicted octanol–water partition coefficient (Wildman–Crippen LogP) is 1.72. The zero-order valence-electron chi connectivity index (χ0n) is 12.4. The van der Waals surface area contributed by atoms with Gasteiger partial charge in [-0.2, -0.15) is 10.4 Å². The van der Waals surface area contributed by atoms with E-state index in [2.05, 4.69) is 11.2 Å². The van der Waals surface area contributed by atoms with Crippen LogP contribution in [0.5, 0.6) is 0 Å². The van der Waals surface area contributed by atoms with Crippen LogP contribution in [0.1, 0.15) is 26.5 Å². The second-order valence-electron chi connectivity index (χ2n) is 6.35. The molecule has 0 radical (unpaired) electrons. The summed E-state index contributed by atoms with van der Waals surface area (Å²) in [6.07, 6.45) is 1.96. The van der Waals surface area contributed by atoms with Crippen LogP contribution in [0.15, 0.2) is 12.3 Å². The highest BCUT2D eigenvalue weighted by Crippen LogP contribution is 2.34. The number of nitriles is 1. The number of carbonyl (C=O) groups excluding carboxylic acids is 1. The molecule has 2 rings (SSSR count). The van der Waals surface area contributed by atoms with Crippen molar-refractivity contribution in [3.63, 3.8) is 0 Å². The van der Waals surface area contributed by atoms with Gasteiger partial charge in [-0.3, -0.25) is 4.68 Å². The molecule has 1 aliphatic rings. The molecule has 0 bridgehead atoms. The number of rotatable bonds is 2. The van der Waals surface area contributed by atoms with Crippen LogP contribution in [0.3, 0.4) is 0 Å². The molecule has 0 N–H and O–H groups in total. The van der Waals surface area contributed by atoms with Crippen molar-refractivity contribution < 1.29 is 9.53 Å². The number of hydrogen-bond donors (Lipinski definition) is 0. The second kappa shape index (κ2) is 4.82. The largest absolute Gasteiger partial charge is 0.444 e. The first-order valence-electron chi connectivity index (χ1n) is 6.61. The molecule has 108 valence electrons. The molecule has 0 spiro atoms. The Bertz CT molecular complexity index is 544. The lowest BCUT2D eigenvalue weighted by Crippen LogP contribution is -2.59. The zero-order chi connectivity index (χ0) is 15.0. The fourth-order valence-electron chi connectivity index (χ4n) is 2.28. The molecular formula is C14H20N4O2. The molecule has 0 aliphatic carbocycles. The summed E-state index contributed by atoms with van der Waals surface area (Å²) >= 11 is 0. The Balaban J connectivity index is 1.97. The number of aromatic nitrogens is 2. The van der Waals surface area contributed by atoms with Gasteiger partial charge < -0.3 is 9.64 Å². The summed E-state index contributed by atoms with van der Waals surface area (Å²) in [5.74, 6) is 0. The first kappa shape index (κ1) is 14.4. The summed E-state index contributed by atoms with van der Waals surface area (Å²) in [6, 6.07) is 4.24. The van der Waals surface area contributed by atoms with Crippen molar-refractivity contribution >= 4 is 6.09 Å². The van der Waals surface area contributed by atoms with Crippen LogP contribution in [-0.4, -0.2) is 39.5 Å². The number of amides is 1. The van der Waals surface area contributed by atoms with Gasteiger partial charge in [0.1, 0.15) is 5.60 Å². The lowest BCUT2D eigenvalue weighted by molar-refractivity contribution is -0.0166. The van der Waals surface area contributed by atoms with Gasteiger partial charge in [-0.25, -0.2) is 4.79 Å². The Hall–Kier alpha value is -2.03. The van der Waals surface area contributed by atoms with Crippen molar-refractivity contribution in [3.05, 3.63) is 18.0 Å². The van der Waals surface area contributed by atoms with Gasteiger partial charge in [0.15, 0.2) is 0 Å². The summed E-state index contributed by atoms with van der Waals surface area (Å²) in [7, 11) is 1.85. The monoisotopic (exact) mass is 276 g/mol. The van der Waals surface area contributed by atoms with Gasteiger partial charge in [0.05, 0.1) is 11.5 Å². The first-order chi connectivity index (χ1) is 9.25. The highest BCUT2D eigenvalue weighted by molar-refractivity contribution is 5.69. The quantitative estimate of drug-likeness (QED) is 0.824. The summed E-state index contributed by atoms with van der Waals surface area (Å²) < 4.78 is 7.06. The maximum Gasteiger partial charge on any atom is 0.410 e. The van der Waals surface area contributed by atoms with Crippen molar-refractivity contribution in [2.75, 3.05) is 13.1 Å². The van der Waals surface area contributed by atoms with E-state index in [0.717, 1.165) is 5.69 Å². The lowest BCUT2D eigenvalue weighted by atomic mass is 9.77. The van der Waals surface area contributed by atoms with Crippen molar-refractivity contribution in [2.24, 2.45) is 12.5 Å². The van der Waals surface area contributed by atoms with Gasteiger partial charge in [0, 0.05) is 38.4 Å². The summed E-state index contributed by atoms with van der Waals surface area (Å²) in [6.45, 7) is 6.31. The van der Waals surface area contributed by atoms with E-state index in [1.165, 1.54) is 0 Å². The van der Waals surface area contributed by atoms with E-state index in [0.29, 0.717) is 19.5 Å². The Morgan fingerprint density at radius 3 is 2.65 bits per heavy atom. The van der Waals surface area contributed by atoms with Gasteiger partial charge in [-0.15, -0.1) is 0 Å². The van der Waals surface area contributed by atoms with Crippen molar-refractivity contribution in [1.82, 2.24) is 14.7 Å². The van der Waals surface area contributed by atoms with E-state index in [4.69, 9.17) is 4.74 Å². The molecule has 1 fully saturated rings. The van der Waals surface area contributed by atoms with Crippen LogP contribution in [-0.2, 0) is 18.2 Å². The Morgan fingerprint density at radius 1 is 1.55 bits per heavy atom. The number of carbonyl (C=O) groups is 1. The number of ether oxygens (including phenoxy) is 1. The van der Waals surface area contributed by atoms with Crippen molar-refractivity contribution in [2.45, 2.75) is 32.8 Å². The fourth-order valence-corrected chi connectivity index (χ4v) is 2.28. The number of likely N-dealkylation sites (tertiary alicyclic amines) is 1. The normalized spacial score (nSPS) is 17.2. The van der Waals surface area contributed by atoms with Gasteiger partial charge in [0.25, 0.3) is 0 Å². The Kier molecular flexibility index (Phi) is 3.46. The van der Waals surface area contributed by atoms with Crippen LogP contribution in [0.2, 0.25) is 0 Å². The molecular weight excluding hydrogens is 256 g/mol. The highest BCUT2D eigenvalue weighted by atomic mass is 16.6. The third-order valence-electron chi connectivity index (χ3n) is 3.32. The minimum absolute atomic E-state index is 0.353. The molecule has 1 saturated heterocycles. The van der Waals surface area contributed by atoms with Gasteiger partial charge in [-0.05, 0) is 26.8 Å². The third kappa shape index (κ3) is 2.93. The van der Waals surface area contributed by atoms with Crippen LogP contribution in [0.4, 0.5) is 4.79 Å². The standard InChI is InChI=1S/C14H20N4O2/c1-13(2,3)20-12(19)18-9-14(8-15,10-18)7-11-5-6-16-17(11)4/h5-6H,7,9-10H2,1-4H3. The summed E-state index contributed by atoms with van der Waals surface area (Å²) in [5, 5.41) is 13.5. The molecule has 0 unspecified atom stereocenters. The maximum atomic E-state index is 11.9. The van der Waals surface area contributed by atoms with E-state index in [-0.39, 0.29) is 6.09 Å². The van der Waals surface area contributed by atoms with E-state index in [1.807, 2.05) is 33.9 Å². The van der Waals surface area contributed by atoms with E-state index < -0.39 is 11.0 Å². The van der Waals surface area contributed by atoms with Crippen LogP contribution in [0, 0.1) is 16.7 Å². The average molecular weight is 276 g/mol. The second-order valence-corrected chi connectivity index (χ2v) is 6.35. The van der Waals surface area contributed by atoms with E-state index in [1.54, 1.807) is 15.8 Å². The number of hydrogen-bond acceptors (Lipinski definition) is 4. The molecule has 2 heterocycles. The minimum Gasteiger partial charge on any atom is -0.444 e. The topological polar surface area (TPSA) is 71.2 Å². The third-order valence-corrected chi connectivity index (χ3v) is 3.32. The van der Waals surface area contributed by atoms with Crippen LogP contribution < -0.4 is 0 Å². The molecule has 6 nitrogen and oxygen atoms in total. The van der Waals surface area contributed by atoms with E-state index >= 15 is 0 Å². The molecule has 1 aliphatic heterocycles. The lowest BCUT2D eigenvalue weighted by Gasteiger charge is -2.45. The molecule has 0 saturated carbocycles. The summed E-state index contributed by atoms with van der Waals surface area (Å²) in [5.41, 5.74) is -0.0373. The SMILES string of the molecule is Cn1nccc1CC1(C#N)CN(C(=O)OC(C)(C)C)C1. The van der Waals surface area contributed by atoms with Crippen molar-refractivity contribution in [1.29, 1.82) is 5.26 Å². The number of nitrogens with zero attached hydrogens (tertiary/aromatic N) is 4. The van der Waals surface area contributed by atoms with Crippen LogP contribution >= 0.6 is 0 Å². The molecule has 0 atom stereocenters. The number of aryl methyl sites for hydroxylation is 1. The first-order valence-corrected chi connectivity index (χ1v) is 6.61. The van der Waals surface area contributed by atoms with Crippen LogP contribution in [0.25, 0.3) is 0 Å². The van der Waals surface area contributed by atoms with Gasteiger partial charge >= 0.3 is 6.09 Å². The Morgan fingerprint density at radius 2 is 2.20 bits per heavy atom.